The smallest absolute Gasteiger partial charge is 0.234 e. The van der Waals surface area contributed by atoms with E-state index in [0.717, 1.165) is 0 Å². The highest BCUT2D eigenvalue weighted by Crippen LogP contribution is 2.06. The molecular weight excluding hydrogens is 331 g/mol. The van der Waals surface area contributed by atoms with Crippen LogP contribution in [0.4, 0.5) is 0 Å². The molecule has 4 nitrogen and oxygen atoms in total. The Kier molecular flexibility index (Phi) is 7.14. The largest absolute Gasteiger partial charge is 0.383 e. The van der Waals surface area contributed by atoms with Gasteiger partial charge in [0.05, 0.1) is 13.2 Å². The van der Waals surface area contributed by atoms with Gasteiger partial charge in [0.15, 0.2) is 0 Å². The van der Waals surface area contributed by atoms with Crippen LogP contribution in [0.15, 0.2) is 24.3 Å². The number of methoxy groups -OCH3 is 1. The second-order valence-corrected chi connectivity index (χ2v) is 4.82. The molecule has 2 N–H and O–H groups in total. The maximum atomic E-state index is 11.3. The third-order valence-corrected chi connectivity index (χ3v) is 2.88. The van der Waals surface area contributed by atoms with E-state index in [-0.39, 0.29) is 5.91 Å². The zero-order valence-electron chi connectivity index (χ0n) is 9.83. The van der Waals surface area contributed by atoms with Crippen LogP contribution in [0.25, 0.3) is 0 Å². The highest BCUT2D eigenvalue weighted by Gasteiger charge is 1.99. The third kappa shape index (κ3) is 6.60. The number of ether oxygens (including phenoxy) is 1. The number of nitrogens with one attached hydrogen (secondary N) is 2. The fourth-order valence-electron chi connectivity index (χ4n) is 1.28. The summed E-state index contributed by atoms with van der Waals surface area (Å²) in [5, 5.41) is 5.84. The normalized spacial score (nSPS) is 10.2. The van der Waals surface area contributed by atoms with Gasteiger partial charge in [-0.15, -0.1) is 0 Å². The monoisotopic (exact) mass is 348 g/mol. The van der Waals surface area contributed by atoms with Crippen molar-refractivity contribution in [3.63, 3.8) is 0 Å². The number of benzene rings is 1. The molecule has 0 saturated heterocycles. The molecule has 0 spiro atoms. The first-order chi connectivity index (χ1) is 8.22. The molecule has 0 saturated carbocycles. The molecule has 94 valence electrons. The molecule has 0 aromatic heterocycles. The molecule has 1 amide bonds. The van der Waals surface area contributed by atoms with E-state index >= 15 is 0 Å². The van der Waals surface area contributed by atoms with Gasteiger partial charge < -0.3 is 15.4 Å². The predicted octanol–water partition coefficient (Wildman–Crippen LogP) is 1.14. The summed E-state index contributed by atoms with van der Waals surface area (Å²) in [7, 11) is 1.61. The van der Waals surface area contributed by atoms with E-state index in [2.05, 4.69) is 57.5 Å². The summed E-state index contributed by atoms with van der Waals surface area (Å²) >= 11 is 2.27. The number of amides is 1. The van der Waals surface area contributed by atoms with Crippen molar-refractivity contribution in [1.29, 1.82) is 0 Å². The zero-order valence-corrected chi connectivity index (χ0v) is 12.0. The maximum Gasteiger partial charge on any atom is 0.234 e. The Labute approximate surface area is 115 Å². The number of hydrogen-bond acceptors (Lipinski definition) is 3. The molecule has 0 fully saturated rings. The highest BCUT2D eigenvalue weighted by atomic mass is 127. The van der Waals surface area contributed by atoms with Crippen LogP contribution in [0.3, 0.4) is 0 Å². The van der Waals surface area contributed by atoms with Gasteiger partial charge in [-0.1, -0.05) is 12.1 Å². The molecular formula is C12H17IN2O2. The van der Waals surface area contributed by atoms with Gasteiger partial charge in [-0.2, -0.15) is 0 Å². The lowest BCUT2D eigenvalue weighted by Gasteiger charge is -2.06. The Morgan fingerprint density at radius 2 is 2.06 bits per heavy atom. The summed E-state index contributed by atoms with van der Waals surface area (Å²) in [6.07, 6.45) is 0. The van der Waals surface area contributed by atoms with Crippen molar-refractivity contribution in [3.05, 3.63) is 33.4 Å². The molecule has 17 heavy (non-hydrogen) atoms. The van der Waals surface area contributed by atoms with E-state index < -0.39 is 0 Å². The molecule has 1 aromatic rings. The van der Waals surface area contributed by atoms with Crippen molar-refractivity contribution >= 4 is 28.5 Å². The molecule has 5 heteroatoms. The van der Waals surface area contributed by atoms with Gasteiger partial charge in [-0.05, 0) is 40.3 Å². The molecule has 0 aliphatic heterocycles. The molecule has 0 unspecified atom stereocenters. The minimum Gasteiger partial charge on any atom is -0.383 e. The van der Waals surface area contributed by atoms with Gasteiger partial charge in [-0.25, -0.2) is 0 Å². The summed E-state index contributed by atoms with van der Waals surface area (Å²) in [4.78, 5) is 11.3. The first-order valence-corrected chi connectivity index (χ1v) is 6.51. The van der Waals surface area contributed by atoms with Crippen molar-refractivity contribution in [2.24, 2.45) is 0 Å². The number of halogens is 1. The van der Waals surface area contributed by atoms with E-state index in [1.807, 2.05) is 0 Å². The predicted molar refractivity (Wildman–Crippen MR) is 75.8 cm³/mol. The Bertz CT molecular complexity index is 341. The van der Waals surface area contributed by atoms with Gasteiger partial charge in [-0.3, -0.25) is 4.79 Å². The van der Waals surface area contributed by atoms with Gasteiger partial charge in [0.2, 0.25) is 5.91 Å². The number of rotatable bonds is 7. The standard InChI is InChI=1S/C12H17IN2O2/c1-17-7-6-15-12(16)9-14-8-10-2-4-11(13)5-3-10/h2-5,14H,6-9H2,1H3,(H,15,16). The van der Waals surface area contributed by atoms with Gasteiger partial charge in [0.25, 0.3) is 0 Å². The Morgan fingerprint density at radius 1 is 1.35 bits per heavy atom. The van der Waals surface area contributed by atoms with Crippen LogP contribution in [0.5, 0.6) is 0 Å². The fraction of sp³-hybridized carbons (Fsp3) is 0.417. The van der Waals surface area contributed by atoms with E-state index in [4.69, 9.17) is 4.74 Å². The van der Waals surface area contributed by atoms with Crippen LogP contribution in [0.2, 0.25) is 0 Å². The van der Waals surface area contributed by atoms with Crippen LogP contribution in [0, 0.1) is 3.57 Å². The molecule has 0 atom stereocenters. The maximum absolute atomic E-state index is 11.3. The van der Waals surface area contributed by atoms with Crippen molar-refractivity contribution in [1.82, 2.24) is 10.6 Å². The molecule has 0 bridgehead atoms. The summed E-state index contributed by atoms with van der Waals surface area (Å²) in [6.45, 7) is 2.13. The summed E-state index contributed by atoms with van der Waals surface area (Å²) < 4.78 is 6.05. The average molecular weight is 348 g/mol. The molecule has 0 radical (unpaired) electrons. The van der Waals surface area contributed by atoms with Crippen molar-refractivity contribution < 1.29 is 9.53 Å². The number of carbonyl (C=O) groups excluding carboxylic acids is 1. The van der Waals surface area contributed by atoms with Gasteiger partial charge in [0.1, 0.15) is 0 Å². The molecule has 0 aliphatic rings. The summed E-state index contributed by atoms with van der Waals surface area (Å²) in [5.74, 6) is -0.00689. The Balaban J connectivity index is 2.14. The fourth-order valence-corrected chi connectivity index (χ4v) is 1.64. The van der Waals surface area contributed by atoms with Crippen LogP contribution < -0.4 is 10.6 Å². The topological polar surface area (TPSA) is 50.4 Å². The van der Waals surface area contributed by atoms with E-state index in [1.165, 1.54) is 9.13 Å². The third-order valence-electron chi connectivity index (χ3n) is 2.16. The SMILES string of the molecule is COCCNC(=O)CNCc1ccc(I)cc1. The molecule has 1 aromatic carbocycles. The average Bonchev–Trinajstić information content (AvgIpc) is 2.32. The molecule has 0 heterocycles. The second kappa shape index (κ2) is 8.43. The zero-order chi connectivity index (χ0) is 12.5. The van der Waals surface area contributed by atoms with E-state index in [9.17, 15) is 4.79 Å². The second-order valence-electron chi connectivity index (χ2n) is 3.57. The summed E-state index contributed by atoms with van der Waals surface area (Å²) in [6, 6.07) is 8.21. The summed E-state index contributed by atoms with van der Waals surface area (Å²) in [5.41, 5.74) is 1.18. The van der Waals surface area contributed by atoms with Crippen molar-refractivity contribution in [2.45, 2.75) is 6.54 Å². The van der Waals surface area contributed by atoms with Crippen LogP contribution in [0.1, 0.15) is 5.56 Å². The lowest BCUT2D eigenvalue weighted by molar-refractivity contribution is -0.120. The number of carbonyl (C=O) groups is 1. The lowest BCUT2D eigenvalue weighted by Crippen LogP contribution is -2.35. The molecule has 0 aliphatic carbocycles. The van der Waals surface area contributed by atoms with E-state index in [0.29, 0.717) is 26.2 Å². The first kappa shape index (κ1) is 14.4. The van der Waals surface area contributed by atoms with E-state index in [1.54, 1.807) is 7.11 Å². The minimum absolute atomic E-state index is 0.00689. The van der Waals surface area contributed by atoms with Crippen LogP contribution in [-0.4, -0.2) is 32.7 Å². The van der Waals surface area contributed by atoms with Crippen molar-refractivity contribution in [3.8, 4) is 0 Å². The van der Waals surface area contributed by atoms with Crippen molar-refractivity contribution in [2.75, 3.05) is 26.8 Å². The number of hydrogen-bond donors (Lipinski definition) is 2. The Hall–Kier alpha value is -0.660. The van der Waals surface area contributed by atoms with Crippen LogP contribution in [-0.2, 0) is 16.1 Å². The highest BCUT2D eigenvalue weighted by molar-refractivity contribution is 14.1. The van der Waals surface area contributed by atoms with Crippen LogP contribution >= 0.6 is 22.6 Å². The molecule has 1 rings (SSSR count). The quantitative estimate of drug-likeness (QED) is 0.574. The van der Waals surface area contributed by atoms with Gasteiger partial charge in [0, 0.05) is 23.8 Å². The first-order valence-electron chi connectivity index (χ1n) is 5.43. The Morgan fingerprint density at radius 3 is 2.71 bits per heavy atom. The van der Waals surface area contributed by atoms with Gasteiger partial charge >= 0.3 is 0 Å². The minimum atomic E-state index is -0.00689. The lowest BCUT2D eigenvalue weighted by atomic mass is 10.2.